The number of hydrogen-bond acceptors (Lipinski definition) is 7. The van der Waals surface area contributed by atoms with Crippen molar-refractivity contribution in [1.82, 2.24) is 4.98 Å². The second kappa shape index (κ2) is 10.1. The first kappa shape index (κ1) is 17.3. The predicted octanol–water partition coefficient (Wildman–Crippen LogP) is 1.24. The van der Waals surface area contributed by atoms with Crippen LogP contribution in [0.4, 0.5) is 5.13 Å². The van der Waals surface area contributed by atoms with Crippen LogP contribution in [0.1, 0.15) is 17.0 Å². The van der Waals surface area contributed by atoms with Gasteiger partial charge in [0, 0.05) is 52.4 Å². The maximum atomic E-state index is 5.77. The van der Waals surface area contributed by atoms with E-state index >= 15 is 0 Å². The van der Waals surface area contributed by atoms with E-state index in [1.54, 1.807) is 32.7 Å². The van der Waals surface area contributed by atoms with Crippen LogP contribution in [0.2, 0.25) is 0 Å². The van der Waals surface area contributed by atoms with Crippen molar-refractivity contribution in [2.75, 3.05) is 52.5 Å². The van der Waals surface area contributed by atoms with Gasteiger partial charge >= 0.3 is 0 Å². The zero-order chi connectivity index (χ0) is 14.8. The molecule has 0 aliphatic rings. The Hall–Kier alpha value is -0.730. The van der Waals surface area contributed by atoms with Gasteiger partial charge in [0.05, 0.1) is 18.9 Å². The monoisotopic (exact) mass is 303 g/mol. The number of methoxy groups -OCH3 is 3. The Morgan fingerprint density at radius 3 is 2.45 bits per heavy atom. The van der Waals surface area contributed by atoms with Crippen LogP contribution in [0.15, 0.2) is 0 Å². The summed E-state index contributed by atoms with van der Waals surface area (Å²) in [5.74, 6) is 0. The smallest absolute Gasteiger partial charge is 0.185 e. The lowest BCUT2D eigenvalue weighted by Crippen LogP contribution is -2.29. The van der Waals surface area contributed by atoms with E-state index < -0.39 is 0 Å². The summed E-state index contributed by atoms with van der Waals surface area (Å²) < 4.78 is 15.4. The van der Waals surface area contributed by atoms with Gasteiger partial charge in [-0.2, -0.15) is 0 Å². The van der Waals surface area contributed by atoms with Crippen molar-refractivity contribution in [3.05, 3.63) is 10.6 Å². The maximum Gasteiger partial charge on any atom is 0.185 e. The van der Waals surface area contributed by atoms with E-state index in [2.05, 4.69) is 9.88 Å². The molecule has 116 valence electrons. The summed E-state index contributed by atoms with van der Waals surface area (Å²) in [4.78, 5) is 7.94. The molecule has 0 fully saturated rings. The molecule has 1 heterocycles. The van der Waals surface area contributed by atoms with Gasteiger partial charge in [-0.1, -0.05) is 0 Å². The third-order valence-corrected chi connectivity index (χ3v) is 4.03. The largest absolute Gasteiger partial charge is 0.385 e. The van der Waals surface area contributed by atoms with Gasteiger partial charge in [0.25, 0.3) is 0 Å². The lowest BCUT2D eigenvalue weighted by atomic mass is 10.4. The Balaban J connectivity index is 2.76. The molecule has 0 aliphatic heterocycles. The second-order valence-electron chi connectivity index (χ2n) is 4.33. The first-order valence-electron chi connectivity index (χ1n) is 6.67. The number of rotatable bonds is 11. The summed E-state index contributed by atoms with van der Waals surface area (Å²) in [7, 11) is 5.09. The van der Waals surface area contributed by atoms with Gasteiger partial charge in [-0.3, -0.25) is 0 Å². The molecule has 20 heavy (non-hydrogen) atoms. The molecule has 2 N–H and O–H groups in total. The quantitative estimate of drug-likeness (QED) is 0.620. The minimum absolute atomic E-state index is 0.493. The zero-order valence-electron chi connectivity index (χ0n) is 12.6. The molecule has 0 bridgehead atoms. The highest BCUT2D eigenvalue weighted by Crippen LogP contribution is 2.26. The van der Waals surface area contributed by atoms with Crippen LogP contribution in [0.25, 0.3) is 0 Å². The molecule has 0 amide bonds. The number of ether oxygens (including phenoxy) is 3. The van der Waals surface area contributed by atoms with Crippen LogP contribution in [-0.2, 0) is 27.4 Å². The van der Waals surface area contributed by atoms with E-state index in [0.29, 0.717) is 19.8 Å². The summed E-state index contributed by atoms with van der Waals surface area (Å²) >= 11 is 1.63. The average Bonchev–Trinajstić information content (AvgIpc) is 2.86. The van der Waals surface area contributed by atoms with Crippen molar-refractivity contribution < 1.29 is 14.2 Å². The molecule has 0 aliphatic carbocycles. The van der Waals surface area contributed by atoms with Crippen LogP contribution in [-0.4, -0.2) is 52.6 Å². The summed E-state index contributed by atoms with van der Waals surface area (Å²) in [5, 5.41) is 0.977. The summed E-state index contributed by atoms with van der Waals surface area (Å²) in [6.45, 7) is 4.10. The molecule has 0 saturated heterocycles. The summed E-state index contributed by atoms with van der Waals surface area (Å²) in [5.41, 5.74) is 6.70. The van der Waals surface area contributed by atoms with Crippen LogP contribution in [0.5, 0.6) is 0 Å². The lowest BCUT2D eigenvalue weighted by Gasteiger charge is -2.21. The maximum absolute atomic E-state index is 5.77. The topological polar surface area (TPSA) is 69.8 Å². The molecule has 0 radical (unpaired) electrons. The molecule has 0 atom stereocenters. The molecule has 1 aromatic rings. The van der Waals surface area contributed by atoms with Gasteiger partial charge in [-0.25, -0.2) is 4.98 Å². The average molecular weight is 303 g/mol. The van der Waals surface area contributed by atoms with E-state index in [9.17, 15) is 0 Å². The fourth-order valence-corrected chi connectivity index (χ4v) is 2.81. The number of thiazole rings is 1. The minimum atomic E-state index is 0.493. The Labute approximate surface area is 124 Å². The van der Waals surface area contributed by atoms with Crippen molar-refractivity contribution in [3.63, 3.8) is 0 Å². The van der Waals surface area contributed by atoms with Gasteiger partial charge in [0.1, 0.15) is 0 Å². The summed E-state index contributed by atoms with van der Waals surface area (Å²) in [6, 6.07) is 0. The third-order valence-electron chi connectivity index (χ3n) is 2.85. The highest BCUT2D eigenvalue weighted by Gasteiger charge is 2.15. The van der Waals surface area contributed by atoms with E-state index in [0.717, 1.165) is 41.8 Å². The molecule has 7 heteroatoms. The molecule has 1 aromatic heterocycles. The SMILES string of the molecule is COCCCN(CCOC)c1nc(COC)c(CN)s1. The molecule has 0 saturated carbocycles. The van der Waals surface area contributed by atoms with Gasteiger partial charge in [-0.05, 0) is 6.42 Å². The van der Waals surface area contributed by atoms with Crippen LogP contribution >= 0.6 is 11.3 Å². The van der Waals surface area contributed by atoms with E-state index in [1.165, 1.54) is 0 Å². The molecular formula is C13H25N3O3S. The Morgan fingerprint density at radius 1 is 1.10 bits per heavy atom. The predicted molar refractivity (Wildman–Crippen MR) is 81.3 cm³/mol. The Bertz CT molecular complexity index is 374. The summed E-state index contributed by atoms with van der Waals surface area (Å²) in [6.07, 6.45) is 0.956. The van der Waals surface area contributed by atoms with E-state index in [1.807, 2.05) is 0 Å². The molecule has 0 spiro atoms. The van der Waals surface area contributed by atoms with Crippen molar-refractivity contribution in [2.24, 2.45) is 5.73 Å². The molecular weight excluding hydrogens is 278 g/mol. The number of hydrogen-bond donors (Lipinski definition) is 1. The van der Waals surface area contributed by atoms with Gasteiger partial charge in [-0.15, -0.1) is 11.3 Å². The Morgan fingerprint density at radius 2 is 1.85 bits per heavy atom. The van der Waals surface area contributed by atoms with Crippen molar-refractivity contribution >= 4 is 16.5 Å². The molecule has 6 nitrogen and oxygen atoms in total. The molecule has 0 unspecified atom stereocenters. The van der Waals surface area contributed by atoms with Crippen molar-refractivity contribution in [3.8, 4) is 0 Å². The van der Waals surface area contributed by atoms with Crippen molar-refractivity contribution in [2.45, 2.75) is 19.6 Å². The van der Waals surface area contributed by atoms with Crippen LogP contribution < -0.4 is 10.6 Å². The van der Waals surface area contributed by atoms with Gasteiger partial charge in [0.15, 0.2) is 5.13 Å². The fraction of sp³-hybridized carbons (Fsp3) is 0.769. The standard InChI is InChI=1S/C13H25N3O3S/c1-17-7-4-5-16(6-8-18-2)13-15-11(10-19-3)12(9-14)20-13/h4-10,14H2,1-3H3. The highest BCUT2D eigenvalue weighted by molar-refractivity contribution is 7.15. The highest BCUT2D eigenvalue weighted by atomic mass is 32.1. The van der Waals surface area contributed by atoms with Gasteiger partial charge < -0.3 is 24.8 Å². The third kappa shape index (κ3) is 5.34. The van der Waals surface area contributed by atoms with Crippen molar-refractivity contribution in [1.29, 1.82) is 0 Å². The van der Waals surface area contributed by atoms with Gasteiger partial charge in [0.2, 0.25) is 0 Å². The first-order valence-corrected chi connectivity index (χ1v) is 7.48. The Kier molecular flexibility index (Phi) is 8.72. The fourth-order valence-electron chi connectivity index (χ4n) is 1.82. The van der Waals surface area contributed by atoms with E-state index in [-0.39, 0.29) is 0 Å². The molecule has 0 aromatic carbocycles. The normalized spacial score (nSPS) is 11.0. The second-order valence-corrected chi connectivity index (χ2v) is 5.39. The van der Waals surface area contributed by atoms with E-state index in [4.69, 9.17) is 19.9 Å². The van der Waals surface area contributed by atoms with Crippen LogP contribution in [0.3, 0.4) is 0 Å². The minimum Gasteiger partial charge on any atom is -0.385 e. The number of aromatic nitrogens is 1. The number of anilines is 1. The molecule has 1 rings (SSSR count). The first-order chi connectivity index (χ1) is 9.76. The zero-order valence-corrected chi connectivity index (χ0v) is 13.4. The lowest BCUT2D eigenvalue weighted by molar-refractivity contribution is 0.181. The number of nitrogens with two attached hydrogens (primary N) is 1. The number of nitrogens with zero attached hydrogens (tertiary/aromatic N) is 2. The van der Waals surface area contributed by atoms with Crippen LogP contribution in [0, 0.1) is 0 Å².